The van der Waals surface area contributed by atoms with Gasteiger partial charge in [0.15, 0.2) is 24.6 Å². The van der Waals surface area contributed by atoms with Gasteiger partial charge < -0.3 is 33.2 Å². The van der Waals surface area contributed by atoms with Gasteiger partial charge in [-0.3, -0.25) is 19.2 Å². The van der Waals surface area contributed by atoms with Gasteiger partial charge in [-0.25, -0.2) is 4.79 Å². The third-order valence-electron chi connectivity index (χ3n) is 4.75. The third-order valence-corrected chi connectivity index (χ3v) is 4.75. The van der Waals surface area contributed by atoms with Gasteiger partial charge >= 0.3 is 29.8 Å². The SMILES string of the molecule is CC(=O)OCC1OC(OC2C(C)=CC(=O)OC2C)C(OC(C)=O)C(OC(C)=O)C1OC(C)=O. The highest BCUT2D eigenvalue weighted by Gasteiger charge is 2.53. The van der Waals surface area contributed by atoms with E-state index >= 15 is 0 Å². The minimum Gasteiger partial charge on any atom is -0.463 e. The number of ether oxygens (including phenoxy) is 7. The standard InChI is InChI=1S/C21H28O12/c1-9-7-16(26)28-10(2)17(9)33-21-20(31-14(6)25)19(30-13(5)24)18(29-12(4)23)15(32-21)8-27-11(3)22/h7,10,15,17-21H,8H2,1-6H3. The Kier molecular flexibility index (Phi) is 8.94. The summed E-state index contributed by atoms with van der Waals surface area (Å²) < 4.78 is 38.1. The van der Waals surface area contributed by atoms with Gasteiger partial charge in [0, 0.05) is 33.8 Å². The van der Waals surface area contributed by atoms with Crippen molar-refractivity contribution in [3.63, 3.8) is 0 Å². The van der Waals surface area contributed by atoms with Crippen LogP contribution < -0.4 is 0 Å². The Hall–Kier alpha value is -2.99. The molecule has 2 heterocycles. The molecule has 2 aliphatic heterocycles. The number of hydrogen-bond donors (Lipinski definition) is 0. The summed E-state index contributed by atoms with van der Waals surface area (Å²) in [5, 5.41) is 0. The molecule has 7 atom stereocenters. The van der Waals surface area contributed by atoms with Crippen LogP contribution in [-0.4, -0.2) is 79.4 Å². The smallest absolute Gasteiger partial charge is 0.331 e. The number of hydrogen-bond acceptors (Lipinski definition) is 12. The second-order valence-corrected chi connectivity index (χ2v) is 7.65. The van der Waals surface area contributed by atoms with Crippen molar-refractivity contribution in [2.75, 3.05) is 6.61 Å². The molecule has 0 aromatic rings. The molecule has 2 rings (SSSR count). The van der Waals surface area contributed by atoms with Crippen LogP contribution in [0.3, 0.4) is 0 Å². The molecular formula is C21H28O12. The van der Waals surface area contributed by atoms with Crippen LogP contribution in [0.5, 0.6) is 0 Å². The van der Waals surface area contributed by atoms with E-state index in [-0.39, 0.29) is 6.61 Å². The Labute approximate surface area is 190 Å². The maximum Gasteiger partial charge on any atom is 0.331 e. The molecular weight excluding hydrogens is 444 g/mol. The minimum absolute atomic E-state index is 0.373. The molecule has 1 saturated heterocycles. The highest BCUT2D eigenvalue weighted by molar-refractivity contribution is 5.84. The fraction of sp³-hybridized carbons (Fsp3) is 0.667. The fourth-order valence-corrected chi connectivity index (χ4v) is 3.58. The van der Waals surface area contributed by atoms with Gasteiger partial charge in [0.1, 0.15) is 24.9 Å². The summed E-state index contributed by atoms with van der Waals surface area (Å²) in [5.41, 5.74) is 0.520. The van der Waals surface area contributed by atoms with Crippen molar-refractivity contribution in [3.8, 4) is 0 Å². The van der Waals surface area contributed by atoms with E-state index in [2.05, 4.69) is 0 Å². The molecule has 7 unspecified atom stereocenters. The first-order chi connectivity index (χ1) is 15.4. The Bertz CT molecular complexity index is 818. The zero-order valence-corrected chi connectivity index (χ0v) is 19.2. The molecule has 1 fully saturated rings. The molecule has 0 amide bonds. The lowest BCUT2D eigenvalue weighted by molar-refractivity contribution is -0.318. The summed E-state index contributed by atoms with van der Waals surface area (Å²) in [6.07, 6.45) is -6.74. The normalized spacial score (nSPS) is 31.5. The average Bonchev–Trinajstić information content (AvgIpc) is 2.66. The first-order valence-corrected chi connectivity index (χ1v) is 10.2. The van der Waals surface area contributed by atoms with E-state index < -0.39 is 72.8 Å². The summed E-state index contributed by atoms with van der Waals surface area (Å²) in [6.45, 7) is 7.43. The molecule has 0 bridgehead atoms. The van der Waals surface area contributed by atoms with Crippen molar-refractivity contribution in [2.45, 2.75) is 84.5 Å². The van der Waals surface area contributed by atoms with Gasteiger partial charge in [0.25, 0.3) is 0 Å². The molecule has 0 aromatic heterocycles. The maximum absolute atomic E-state index is 11.8. The predicted molar refractivity (Wildman–Crippen MR) is 106 cm³/mol. The van der Waals surface area contributed by atoms with Crippen molar-refractivity contribution < 1.29 is 57.1 Å². The zero-order valence-electron chi connectivity index (χ0n) is 19.2. The lowest BCUT2D eigenvalue weighted by atomic mass is 9.97. The highest BCUT2D eigenvalue weighted by Crippen LogP contribution is 2.32. The van der Waals surface area contributed by atoms with Gasteiger partial charge in [0.2, 0.25) is 0 Å². The Morgan fingerprint density at radius 3 is 1.94 bits per heavy atom. The second-order valence-electron chi connectivity index (χ2n) is 7.65. The van der Waals surface area contributed by atoms with Gasteiger partial charge in [-0.2, -0.15) is 0 Å². The first-order valence-electron chi connectivity index (χ1n) is 10.2. The third kappa shape index (κ3) is 7.26. The minimum atomic E-state index is -1.36. The lowest BCUT2D eigenvalue weighted by Gasteiger charge is -2.45. The predicted octanol–water partition coefficient (Wildman–Crippen LogP) is 0.346. The van der Waals surface area contributed by atoms with E-state index in [4.69, 9.17) is 33.2 Å². The molecule has 0 aromatic carbocycles. The monoisotopic (exact) mass is 472 g/mol. The number of carbonyl (C=O) groups excluding carboxylic acids is 5. The topological polar surface area (TPSA) is 150 Å². The molecule has 33 heavy (non-hydrogen) atoms. The molecule has 0 N–H and O–H groups in total. The van der Waals surface area contributed by atoms with Crippen LogP contribution in [0.4, 0.5) is 0 Å². The molecule has 0 aliphatic carbocycles. The van der Waals surface area contributed by atoms with E-state index in [1.165, 1.54) is 13.0 Å². The van der Waals surface area contributed by atoms with Gasteiger partial charge in [-0.15, -0.1) is 0 Å². The van der Waals surface area contributed by atoms with Crippen LogP contribution in [0, 0.1) is 0 Å². The summed E-state index contributed by atoms with van der Waals surface area (Å²) in [5.74, 6) is -3.40. The number of cyclic esters (lactones) is 1. The molecule has 12 nitrogen and oxygen atoms in total. The Balaban J connectivity index is 2.45. The molecule has 2 aliphatic rings. The van der Waals surface area contributed by atoms with Crippen LogP contribution in [0.15, 0.2) is 11.6 Å². The average molecular weight is 472 g/mol. The maximum atomic E-state index is 11.8. The Morgan fingerprint density at radius 2 is 1.42 bits per heavy atom. The fourth-order valence-electron chi connectivity index (χ4n) is 3.58. The van der Waals surface area contributed by atoms with Crippen molar-refractivity contribution >= 4 is 29.8 Å². The second kappa shape index (κ2) is 11.2. The summed E-state index contributed by atoms with van der Waals surface area (Å²) in [4.78, 5) is 58.5. The van der Waals surface area contributed by atoms with Crippen LogP contribution in [0.25, 0.3) is 0 Å². The molecule has 0 spiro atoms. The first kappa shape index (κ1) is 26.3. The van der Waals surface area contributed by atoms with Crippen LogP contribution in [0.2, 0.25) is 0 Å². The van der Waals surface area contributed by atoms with E-state index in [0.717, 1.165) is 20.8 Å². The highest BCUT2D eigenvalue weighted by atomic mass is 16.7. The van der Waals surface area contributed by atoms with E-state index in [1.807, 2.05) is 0 Å². The van der Waals surface area contributed by atoms with Crippen molar-refractivity contribution in [1.29, 1.82) is 0 Å². The van der Waals surface area contributed by atoms with E-state index in [0.29, 0.717) is 5.57 Å². The molecule has 12 heteroatoms. The van der Waals surface area contributed by atoms with Crippen LogP contribution >= 0.6 is 0 Å². The van der Waals surface area contributed by atoms with Gasteiger partial charge in [0.05, 0.1) is 0 Å². The van der Waals surface area contributed by atoms with Crippen molar-refractivity contribution in [3.05, 3.63) is 11.6 Å². The molecule has 0 radical (unpaired) electrons. The van der Waals surface area contributed by atoms with Gasteiger partial charge in [-0.1, -0.05) is 0 Å². The Morgan fingerprint density at radius 1 is 0.879 bits per heavy atom. The van der Waals surface area contributed by atoms with Crippen LogP contribution in [-0.2, 0) is 57.1 Å². The van der Waals surface area contributed by atoms with Gasteiger partial charge in [-0.05, 0) is 19.4 Å². The number of rotatable bonds is 7. The summed E-state index contributed by atoms with van der Waals surface area (Å²) in [7, 11) is 0. The molecule has 184 valence electrons. The van der Waals surface area contributed by atoms with E-state index in [9.17, 15) is 24.0 Å². The number of esters is 5. The van der Waals surface area contributed by atoms with Crippen LogP contribution in [0.1, 0.15) is 41.5 Å². The summed E-state index contributed by atoms with van der Waals surface area (Å²) >= 11 is 0. The van der Waals surface area contributed by atoms with Crippen molar-refractivity contribution in [2.24, 2.45) is 0 Å². The zero-order chi connectivity index (χ0) is 24.9. The summed E-state index contributed by atoms with van der Waals surface area (Å²) in [6, 6.07) is 0. The number of carbonyl (C=O) groups is 5. The largest absolute Gasteiger partial charge is 0.463 e. The molecule has 0 saturated carbocycles. The quantitative estimate of drug-likeness (QED) is 0.371. The lowest BCUT2D eigenvalue weighted by Crippen LogP contribution is -2.63. The van der Waals surface area contributed by atoms with E-state index in [1.54, 1.807) is 13.8 Å². The van der Waals surface area contributed by atoms with Crippen molar-refractivity contribution in [1.82, 2.24) is 0 Å².